The molecule has 1 aromatic rings. The summed E-state index contributed by atoms with van der Waals surface area (Å²) in [5.74, 6) is 0.765. The molecule has 22 heavy (non-hydrogen) atoms. The van der Waals surface area contributed by atoms with Crippen molar-refractivity contribution < 1.29 is 19.6 Å². The third-order valence-electron chi connectivity index (χ3n) is 3.67. The van der Waals surface area contributed by atoms with Crippen molar-refractivity contribution in [3.63, 3.8) is 0 Å². The van der Waals surface area contributed by atoms with E-state index in [9.17, 15) is 5.11 Å². The molecule has 122 valence electrons. The summed E-state index contributed by atoms with van der Waals surface area (Å²) in [5.41, 5.74) is 0.744. The van der Waals surface area contributed by atoms with E-state index in [1.807, 2.05) is 38.1 Å². The van der Waals surface area contributed by atoms with E-state index in [1.165, 1.54) is 19.3 Å². The van der Waals surface area contributed by atoms with Crippen LogP contribution < -0.4 is 9.73 Å². The minimum absolute atomic E-state index is 0.0549. The van der Waals surface area contributed by atoms with Crippen molar-refractivity contribution in [3.05, 3.63) is 24.3 Å². The first-order valence-electron chi connectivity index (χ1n) is 8.12. The van der Waals surface area contributed by atoms with Gasteiger partial charge in [0.05, 0.1) is 12.7 Å². The fraction of sp³-hybridized carbons (Fsp3) is 0.588. The van der Waals surface area contributed by atoms with Gasteiger partial charge in [-0.25, -0.2) is 0 Å². The first-order chi connectivity index (χ1) is 10.7. The van der Waals surface area contributed by atoms with Gasteiger partial charge in [0.25, 0.3) is 0 Å². The van der Waals surface area contributed by atoms with E-state index in [0.717, 1.165) is 31.1 Å². The lowest BCUT2D eigenvalue weighted by molar-refractivity contribution is -0.383. The van der Waals surface area contributed by atoms with Crippen LogP contribution in [0.1, 0.15) is 33.1 Å². The fourth-order valence-corrected chi connectivity index (χ4v) is 2.72. The van der Waals surface area contributed by atoms with Crippen LogP contribution in [-0.4, -0.2) is 48.4 Å². The van der Waals surface area contributed by atoms with Crippen LogP contribution in [0.25, 0.3) is 0 Å². The Morgan fingerprint density at radius 1 is 1.32 bits per heavy atom. The summed E-state index contributed by atoms with van der Waals surface area (Å²) in [6.45, 7) is 7.61. The number of rotatable bonds is 6. The molecule has 0 bridgehead atoms. The van der Waals surface area contributed by atoms with E-state index in [-0.39, 0.29) is 12.2 Å². The van der Waals surface area contributed by atoms with Crippen LogP contribution in [0, 0.1) is 0 Å². The average molecular weight is 307 g/mol. The lowest BCUT2D eigenvalue weighted by Gasteiger charge is -2.28. The van der Waals surface area contributed by atoms with Gasteiger partial charge in [0, 0.05) is 12.6 Å². The first kappa shape index (κ1) is 16.6. The zero-order valence-corrected chi connectivity index (χ0v) is 13.5. The highest BCUT2D eigenvalue weighted by Gasteiger charge is 2.17. The number of nitrogens with zero attached hydrogens (tertiary/aromatic N) is 1. The van der Waals surface area contributed by atoms with E-state index in [2.05, 4.69) is 9.89 Å². The molecular weight excluding hydrogens is 280 g/mol. The first-order valence-corrected chi connectivity index (χ1v) is 8.12. The molecule has 0 amide bonds. The predicted octanol–water partition coefficient (Wildman–Crippen LogP) is 1.60. The molecule has 0 aromatic heterocycles. The van der Waals surface area contributed by atoms with Crippen LogP contribution >= 0.6 is 0 Å². The van der Waals surface area contributed by atoms with Crippen LogP contribution in [0.2, 0.25) is 0 Å². The molecule has 0 aliphatic carbocycles. The van der Waals surface area contributed by atoms with Crippen molar-refractivity contribution in [3.8, 4) is 5.75 Å². The summed E-state index contributed by atoms with van der Waals surface area (Å²) in [6, 6.07) is 7.44. The zero-order chi connectivity index (χ0) is 15.8. The Hall–Kier alpha value is -1.75. The lowest BCUT2D eigenvalue weighted by atomic mass is 10.1. The van der Waals surface area contributed by atoms with E-state index >= 15 is 0 Å². The predicted molar refractivity (Wildman–Crippen MR) is 86.7 cm³/mol. The number of aliphatic hydroxyl groups is 1. The molecule has 1 aromatic carbocycles. The van der Waals surface area contributed by atoms with Gasteiger partial charge in [-0.15, -0.1) is 4.99 Å². The number of hydrogen-bond acceptors (Lipinski definition) is 3. The maximum absolute atomic E-state index is 9.95. The van der Waals surface area contributed by atoms with Crippen molar-refractivity contribution in [1.29, 1.82) is 0 Å². The topological polar surface area (TPSA) is 55.9 Å². The second-order valence-electron chi connectivity index (χ2n) is 5.68. The molecule has 2 rings (SSSR count). The minimum atomic E-state index is -0.168. The smallest absolute Gasteiger partial charge is 0.494 e. The van der Waals surface area contributed by atoms with Gasteiger partial charge in [0.1, 0.15) is 11.9 Å². The van der Waals surface area contributed by atoms with E-state index in [1.54, 1.807) is 0 Å². The highest BCUT2D eigenvalue weighted by Crippen LogP contribution is 2.13. The number of piperidine rings is 1. The van der Waals surface area contributed by atoms with Crippen LogP contribution in [0.3, 0.4) is 0 Å². The Morgan fingerprint density at radius 3 is 2.82 bits per heavy atom. The molecule has 5 nitrogen and oxygen atoms in total. The monoisotopic (exact) mass is 307 g/mol. The van der Waals surface area contributed by atoms with Gasteiger partial charge in [-0.2, -0.15) is 0 Å². The third kappa shape index (κ3) is 5.56. The second-order valence-corrected chi connectivity index (χ2v) is 5.68. The van der Waals surface area contributed by atoms with Crippen LogP contribution in [0.4, 0.5) is 5.69 Å². The highest BCUT2D eigenvalue weighted by molar-refractivity contribution is 5.59. The molecule has 1 saturated heterocycles. The average Bonchev–Trinajstić information content (AvgIpc) is 2.48. The molecular formula is C17H27N2O3+. The Balaban J connectivity index is 1.86. The molecule has 0 spiro atoms. The summed E-state index contributed by atoms with van der Waals surface area (Å²) in [5, 5.41) is 9.95. The maximum atomic E-state index is 9.95. The number of benzene rings is 1. The SMILES string of the molecule is CCOc1cccc([NH+]=C(O)O[C@H](C)CN2CCCCC2)c1. The third-order valence-corrected chi connectivity index (χ3v) is 3.67. The van der Waals surface area contributed by atoms with Crippen LogP contribution in [-0.2, 0) is 4.74 Å². The van der Waals surface area contributed by atoms with Crippen molar-refractivity contribution in [2.75, 3.05) is 26.2 Å². The number of hydrogen-bond donors (Lipinski definition) is 2. The molecule has 0 radical (unpaired) electrons. The normalized spacial score (nSPS) is 18.0. The molecule has 1 aliphatic rings. The zero-order valence-electron chi connectivity index (χ0n) is 13.5. The lowest BCUT2D eigenvalue weighted by Crippen LogP contribution is -2.67. The minimum Gasteiger partial charge on any atom is -0.494 e. The summed E-state index contributed by atoms with van der Waals surface area (Å²) < 4.78 is 11.0. The maximum Gasteiger partial charge on any atom is 0.551 e. The van der Waals surface area contributed by atoms with Crippen molar-refractivity contribution in [2.24, 2.45) is 0 Å². The number of aliphatic hydroxyl groups excluding tert-OH is 1. The number of likely N-dealkylation sites (tertiary alicyclic amines) is 1. The van der Waals surface area contributed by atoms with Crippen molar-refractivity contribution in [2.45, 2.75) is 39.2 Å². The van der Waals surface area contributed by atoms with Gasteiger partial charge < -0.3 is 14.6 Å². The fourth-order valence-electron chi connectivity index (χ4n) is 2.72. The molecule has 1 heterocycles. The van der Waals surface area contributed by atoms with E-state index in [4.69, 9.17) is 9.47 Å². The van der Waals surface area contributed by atoms with Gasteiger partial charge in [-0.05, 0) is 45.8 Å². The Kier molecular flexibility index (Phi) is 6.52. The second kappa shape index (κ2) is 8.63. The van der Waals surface area contributed by atoms with Gasteiger partial charge >= 0.3 is 6.08 Å². The molecule has 1 atom stereocenters. The standard InChI is InChI=1S/C17H26N2O3/c1-3-21-16-9-7-8-15(12-16)18-17(20)22-14(2)13-19-10-5-4-6-11-19/h7-9,12,14H,3-6,10-11,13H2,1-2H3,(H,18,20)/p+1/t14-/m1/s1. The summed E-state index contributed by atoms with van der Waals surface area (Å²) in [4.78, 5) is 5.25. The molecule has 1 aliphatic heterocycles. The Labute approximate surface area is 132 Å². The van der Waals surface area contributed by atoms with Crippen molar-refractivity contribution >= 4 is 11.8 Å². The molecule has 0 unspecified atom stereocenters. The van der Waals surface area contributed by atoms with Gasteiger partial charge in [-0.1, -0.05) is 12.5 Å². The molecule has 1 fully saturated rings. The Bertz CT molecular complexity index is 485. The summed E-state index contributed by atoms with van der Waals surface area (Å²) in [7, 11) is 0. The Morgan fingerprint density at radius 2 is 2.09 bits per heavy atom. The number of ether oxygens (including phenoxy) is 2. The summed E-state index contributed by atoms with van der Waals surface area (Å²) >= 11 is 0. The largest absolute Gasteiger partial charge is 0.551 e. The van der Waals surface area contributed by atoms with E-state index < -0.39 is 0 Å². The number of nitrogens with one attached hydrogen (secondary N) is 1. The van der Waals surface area contributed by atoms with Gasteiger partial charge in [0.15, 0.2) is 0 Å². The van der Waals surface area contributed by atoms with E-state index in [0.29, 0.717) is 6.61 Å². The highest BCUT2D eigenvalue weighted by atomic mass is 16.6. The summed E-state index contributed by atoms with van der Waals surface area (Å²) in [6.07, 6.45) is 3.61. The molecule has 0 saturated carbocycles. The molecule has 5 heteroatoms. The quantitative estimate of drug-likeness (QED) is 0.619. The van der Waals surface area contributed by atoms with Crippen LogP contribution in [0.15, 0.2) is 24.3 Å². The van der Waals surface area contributed by atoms with Crippen molar-refractivity contribution in [1.82, 2.24) is 4.90 Å². The van der Waals surface area contributed by atoms with Gasteiger partial charge in [0.2, 0.25) is 5.69 Å². The van der Waals surface area contributed by atoms with Crippen LogP contribution in [0.5, 0.6) is 5.75 Å². The molecule has 2 N–H and O–H groups in total. The van der Waals surface area contributed by atoms with Gasteiger partial charge in [-0.3, -0.25) is 4.90 Å².